The van der Waals surface area contributed by atoms with Crippen molar-refractivity contribution in [1.29, 1.82) is 0 Å². The quantitative estimate of drug-likeness (QED) is 0.765. The molecule has 82 valence electrons. The Balaban J connectivity index is 2.23. The molecule has 0 aromatic carbocycles. The van der Waals surface area contributed by atoms with Crippen LogP contribution in [0.1, 0.15) is 33.1 Å². The fraction of sp³-hybridized carbons (Fsp3) is 0.583. The maximum absolute atomic E-state index is 5.60. The van der Waals surface area contributed by atoms with Crippen molar-refractivity contribution >= 4 is 11.5 Å². The summed E-state index contributed by atoms with van der Waals surface area (Å²) in [6.45, 7) is 4.57. The van der Waals surface area contributed by atoms with Gasteiger partial charge in [0.25, 0.3) is 0 Å². The van der Waals surface area contributed by atoms with E-state index in [0.29, 0.717) is 17.9 Å². The number of hydrogen-bond donors (Lipinski definition) is 1. The van der Waals surface area contributed by atoms with Crippen molar-refractivity contribution in [3.63, 3.8) is 0 Å². The molecular formula is C12H19N3. The summed E-state index contributed by atoms with van der Waals surface area (Å²) >= 11 is 0. The molecule has 3 heteroatoms. The maximum atomic E-state index is 5.60. The number of piperidine rings is 1. The van der Waals surface area contributed by atoms with Crippen LogP contribution in [0.25, 0.3) is 0 Å². The molecule has 1 fully saturated rings. The summed E-state index contributed by atoms with van der Waals surface area (Å²) in [5, 5.41) is 0. The summed E-state index contributed by atoms with van der Waals surface area (Å²) in [7, 11) is 0. The van der Waals surface area contributed by atoms with Gasteiger partial charge in [0.1, 0.15) is 5.82 Å². The zero-order valence-corrected chi connectivity index (χ0v) is 9.48. The smallest absolute Gasteiger partial charge is 0.123 e. The van der Waals surface area contributed by atoms with Gasteiger partial charge in [-0.25, -0.2) is 4.98 Å². The Morgan fingerprint density at radius 3 is 2.47 bits per heavy atom. The van der Waals surface area contributed by atoms with Crippen LogP contribution in [0.2, 0.25) is 0 Å². The zero-order chi connectivity index (χ0) is 10.8. The van der Waals surface area contributed by atoms with Gasteiger partial charge < -0.3 is 10.6 Å². The number of aromatic nitrogens is 1. The van der Waals surface area contributed by atoms with E-state index in [1.807, 2.05) is 12.3 Å². The second-order valence-electron chi connectivity index (χ2n) is 4.48. The Morgan fingerprint density at radius 1 is 1.27 bits per heavy atom. The van der Waals surface area contributed by atoms with E-state index in [4.69, 9.17) is 5.73 Å². The van der Waals surface area contributed by atoms with E-state index in [-0.39, 0.29) is 0 Å². The van der Waals surface area contributed by atoms with E-state index >= 15 is 0 Å². The lowest BCUT2D eigenvalue weighted by Gasteiger charge is -2.40. The molecule has 1 aliphatic rings. The van der Waals surface area contributed by atoms with Crippen LogP contribution in [0, 0.1) is 0 Å². The second-order valence-corrected chi connectivity index (χ2v) is 4.48. The molecule has 1 saturated heterocycles. The summed E-state index contributed by atoms with van der Waals surface area (Å²) in [4.78, 5) is 6.61. The van der Waals surface area contributed by atoms with Gasteiger partial charge in [0.15, 0.2) is 0 Å². The molecule has 0 aliphatic carbocycles. The summed E-state index contributed by atoms with van der Waals surface area (Å²) in [5.74, 6) is 0.594. The molecule has 2 atom stereocenters. The highest BCUT2D eigenvalue weighted by atomic mass is 15.2. The van der Waals surface area contributed by atoms with E-state index in [0.717, 1.165) is 0 Å². The van der Waals surface area contributed by atoms with Crippen LogP contribution in [-0.2, 0) is 0 Å². The van der Waals surface area contributed by atoms with Gasteiger partial charge in [-0.3, -0.25) is 0 Å². The molecule has 3 nitrogen and oxygen atoms in total. The van der Waals surface area contributed by atoms with Crippen LogP contribution in [-0.4, -0.2) is 17.1 Å². The summed E-state index contributed by atoms with van der Waals surface area (Å²) < 4.78 is 0. The number of rotatable bonds is 1. The van der Waals surface area contributed by atoms with Gasteiger partial charge in [0.2, 0.25) is 0 Å². The van der Waals surface area contributed by atoms with Crippen molar-refractivity contribution in [1.82, 2.24) is 4.98 Å². The lowest BCUT2D eigenvalue weighted by atomic mass is 9.97. The highest BCUT2D eigenvalue weighted by Crippen LogP contribution is 2.28. The third-order valence-corrected chi connectivity index (χ3v) is 3.26. The van der Waals surface area contributed by atoms with Crippen LogP contribution in [0.4, 0.5) is 11.5 Å². The van der Waals surface area contributed by atoms with Crippen molar-refractivity contribution in [2.45, 2.75) is 45.2 Å². The minimum atomic E-state index is 0.594. The highest BCUT2D eigenvalue weighted by Gasteiger charge is 2.24. The molecular weight excluding hydrogens is 186 g/mol. The molecule has 2 unspecified atom stereocenters. The fourth-order valence-corrected chi connectivity index (χ4v) is 2.48. The highest BCUT2D eigenvalue weighted by molar-refractivity contribution is 5.49. The fourth-order valence-electron chi connectivity index (χ4n) is 2.48. The van der Waals surface area contributed by atoms with Gasteiger partial charge in [0.05, 0.1) is 11.9 Å². The monoisotopic (exact) mass is 205 g/mol. The Bertz CT molecular complexity index is 310. The second kappa shape index (κ2) is 4.09. The molecule has 0 saturated carbocycles. The first-order valence-electron chi connectivity index (χ1n) is 5.68. The molecule has 2 N–H and O–H groups in total. The minimum Gasteiger partial charge on any atom is -0.384 e. The first kappa shape index (κ1) is 10.3. The standard InChI is InChI=1S/C12H19N3/c1-9-4-3-5-10(2)15(9)11-6-7-12(13)14-8-11/h6-10H,3-5H2,1-2H3,(H2,13,14). The first-order chi connectivity index (χ1) is 7.18. The molecule has 0 amide bonds. The van der Waals surface area contributed by atoms with Gasteiger partial charge in [-0.15, -0.1) is 0 Å². The Kier molecular flexibility index (Phi) is 2.80. The molecule has 0 spiro atoms. The number of nitrogen functional groups attached to an aromatic ring is 1. The van der Waals surface area contributed by atoms with Crippen molar-refractivity contribution in [2.24, 2.45) is 0 Å². The van der Waals surface area contributed by atoms with E-state index in [1.54, 1.807) is 0 Å². The lowest BCUT2D eigenvalue weighted by Crippen LogP contribution is -2.43. The number of anilines is 2. The van der Waals surface area contributed by atoms with Gasteiger partial charge in [0, 0.05) is 12.1 Å². The molecule has 1 aliphatic heterocycles. The lowest BCUT2D eigenvalue weighted by molar-refractivity contribution is 0.414. The van der Waals surface area contributed by atoms with Crippen molar-refractivity contribution < 1.29 is 0 Å². The average molecular weight is 205 g/mol. The first-order valence-corrected chi connectivity index (χ1v) is 5.68. The predicted molar refractivity (Wildman–Crippen MR) is 63.9 cm³/mol. The topological polar surface area (TPSA) is 42.1 Å². The normalized spacial score (nSPS) is 26.7. The van der Waals surface area contributed by atoms with E-state index < -0.39 is 0 Å². The largest absolute Gasteiger partial charge is 0.384 e. The van der Waals surface area contributed by atoms with Gasteiger partial charge in [-0.2, -0.15) is 0 Å². The molecule has 0 radical (unpaired) electrons. The number of hydrogen-bond acceptors (Lipinski definition) is 3. The van der Waals surface area contributed by atoms with E-state index in [9.17, 15) is 0 Å². The van der Waals surface area contributed by atoms with E-state index in [2.05, 4.69) is 29.8 Å². The zero-order valence-electron chi connectivity index (χ0n) is 9.48. The number of nitrogens with two attached hydrogens (primary N) is 1. The third kappa shape index (κ3) is 2.06. The molecule has 2 heterocycles. The minimum absolute atomic E-state index is 0.594. The van der Waals surface area contributed by atoms with Crippen molar-refractivity contribution in [3.8, 4) is 0 Å². The predicted octanol–water partition coefficient (Wildman–Crippen LogP) is 2.43. The Hall–Kier alpha value is -1.25. The number of nitrogens with zero attached hydrogens (tertiary/aromatic N) is 2. The van der Waals surface area contributed by atoms with Gasteiger partial charge in [-0.05, 0) is 45.2 Å². The molecule has 1 aromatic rings. The SMILES string of the molecule is CC1CCCC(C)N1c1ccc(N)nc1. The van der Waals surface area contributed by atoms with Gasteiger partial charge in [-0.1, -0.05) is 0 Å². The van der Waals surface area contributed by atoms with Crippen molar-refractivity contribution in [2.75, 3.05) is 10.6 Å². The molecule has 1 aromatic heterocycles. The average Bonchev–Trinajstić information content (AvgIpc) is 2.20. The third-order valence-electron chi connectivity index (χ3n) is 3.26. The molecule has 0 bridgehead atoms. The van der Waals surface area contributed by atoms with Crippen LogP contribution < -0.4 is 10.6 Å². The van der Waals surface area contributed by atoms with Crippen LogP contribution in [0.15, 0.2) is 18.3 Å². The molecule has 15 heavy (non-hydrogen) atoms. The summed E-state index contributed by atoms with van der Waals surface area (Å²) in [6, 6.07) is 5.17. The Labute approximate surface area is 91.3 Å². The van der Waals surface area contributed by atoms with Crippen LogP contribution in [0.3, 0.4) is 0 Å². The van der Waals surface area contributed by atoms with Crippen LogP contribution in [0.5, 0.6) is 0 Å². The van der Waals surface area contributed by atoms with Crippen molar-refractivity contribution in [3.05, 3.63) is 18.3 Å². The van der Waals surface area contributed by atoms with E-state index in [1.165, 1.54) is 24.9 Å². The maximum Gasteiger partial charge on any atom is 0.123 e. The Morgan fingerprint density at radius 2 is 1.93 bits per heavy atom. The number of pyridine rings is 1. The van der Waals surface area contributed by atoms with Crippen LogP contribution >= 0.6 is 0 Å². The summed E-state index contributed by atoms with van der Waals surface area (Å²) in [5.41, 5.74) is 6.79. The summed E-state index contributed by atoms with van der Waals surface area (Å²) in [6.07, 6.45) is 5.76. The van der Waals surface area contributed by atoms with Gasteiger partial charge >= 0.3 is 0 Å². The molecule has 2 rings (SSSR count).